The molecule has 0 aromatic carbocycles. The van der Waals surface area contributed by atoms with Crippen molar-refractivity contribution in [2.45, 2.75) is 38.6 Å². The van der Waals surface area contributed by atoms with Gasteiger partial charge in [0.1, 0.15) is 0 Å². The van der Waals surface area contributed by atoms with Gasteiger partial charge in [0.15, 0.2) is 5.96 Å². The minimum atomic E-state index is 0.240. The third kappa shape index (κ3) is 2.78. The van der Waals surface area contributed by atoms with E-state index in [2.05, 4.69) is 11.9 Å². The van der Waals surface area contributed by atoms with Crippen LogP contribution in [-0.4, -0.2) is 12.0 Å². The summed E-state index contributed by atoms with van der Waals surface area (Å²) in [5.74, 6) is 1.03. The summed E-state index contributed by atoms with van der Waals surface area (Å²) in [5, 5.41) is 0. The summed E-state index contributed by atoms with van der Waals surface area (Å²) in [4.78, 5) is 4.16. The van der Waals surface area contributed by atoms with Crippen LogP contribution in [0.25, 0.3) is 0 Å². The monoisotopic (exact) mass is 155 g/mol. The summed E-state index contributed by atoms with van der Waals surface area (Å²) in [6.07, 6.45) is 4.90. The first kappa shape index (κ1) is 8.37. The Hall–Kier alpha value is -0.730. The Labute approximate surface area is 67.9 Å². The molecule has 0 aromatic rings. The summed E-state index contributed by atoms with van der Waals surface area (Å²) in [6.45, 7) is 2.26. The van der Waals surface area contributed by atoms with Crippen LogP contribution < -0.4 is 11.5 Å². The molecule has 0 radical (unpaired) electrons. The number of nitrogens with zero attached hydrogens (tertiary/aromatic N) is 1. The van der Waals surface area contributed by atoms with Crippen molar-refractivity contribution in [2.75, 3.05) is 0 Å². The highest BCUT2D eigenvalue weighted by atomic mass is 15.0. The second-order valence-corrected chi connectivity index (χ2v) is 3.48. The zero-order valence-corrected chi connectivity index (χ0v) is 7.09. The molecule has 0 aliphatic heterocycles. The molecule has 2 unspecified atom stereocenters. The standard InChI is InChI=1S/C8H17N3/c1-6-3-2-4-7(5-6)11-8(9)10/h6-7H,2-5H2,1H3,(H4,9,10,11). The zero-order valence-electron chi connectivity index (χ0n) is 7.09. The molecule has 1 aliphatic rings. The summed E-state index contributed by atoms with van der Waals surface area (Å²) >= 11 is 0. The van der Waals surface area contributed by atoms with Crippen LogP contribution in [0.15, 0.2) is 4.99 Å². The zero-order chi connectivity index (χ0) is 8.27. The number of guanidine groups is 1. The maximum Gasteiger partial charge on any atom is 0.186 e. The quantitative estimate of drug-likeness (QED) is 0.435. The Balaban J connectivity index is 2.40. The van der Waals surface area contributed by atoms with Gasteiger partial charge in [-0.1, -0.05) is 19.8 Å². The molecular weight excluding hydrogens is 138 g/mol. The van der Waals surface area contributed by atoms with Crippen molar-refractivity contribution in [1.29, 1.82) is 0 Å². The minimum absolute atomic E-state index is 0.240. The fourth-order valence-electron chi connectivity index (χ4n) is 1.73. The van der Waals surface area contributed by atoms with Crippen molar-refractivity contribution in [3.8, 4) is 0 Å². The summed E-state index contributed by atoms with van der Waals surface area (Å²) in [5.41, 5.74) is 10.6. The Bertz CT molecular complexity index is 149. The third-order valence-electron chi connectivity index (χ3n) is 2.24. The maximum atomic E-state index is 5.30. The summed E-state index contributed by atoms with van der Waals surface area (Å²) in [6, 6.07) is 0.392. The van der Waals surface area contributed by atoms with Crippen LogP contribution in [0.2, 0.25) is 0 Å². The predicted octanol–water partition coefficient (Wildman–Crippen LogP) is 0.839. The SMILES string of the molecule is CC1CCCC(N=C(N)N)C1. The molecule has 1 fully saturated rings. The van der Waals surface area contributed by atoms with Crippen molar-refractivity contribution in [1.82, 2.24) is 0 Å². The first-order valence-electron chi connectivity index (χ1n) is 4.27. The van der Waals surface area contributed by atoms with Gasteiger partial charge in [0.05, 0.1) is 6.04 Å². The lowest BCUT2D eigenvalue weighted by atomic mass is 9.87. The Morgan fingerprint density at radius 1 is 1.36 bits per heavy atom. The van der Waals surface area contributed by atoms with Crippen molar-refractivity contribution in [3.05, 3.63) is 0 Å². The molecule has 0 saturated heterocycles. The van der Waals surface area contributed by atoms with E-state index < -0.39 is 0 Å². The second kappa shape index (κ2) is 3.60. The van der Waals surface area contributed by atoms with Gasteiger partial charge in [-0.3, -0.25) is 4.99 Å². The molecule has 3 nitrogen and oxygen atoms in total. The van der Waals surface area contributed by atoms with E-state index in [0.717, 1.165) is 18.8 Å². The van der Waals surface area contributed by atoms with Crippen molar-refractivity contribution >= 4 is 5.96 Å². The van der Waals surface area contributed by atoms with Gasteiger partial charge in [-0.2, -0.15) is 0 Å². The molecule has 3 heteroatoms. The molecule has 4 N–H and O–H groups in total. The highest BCUT2D eigenvalue weighted by molar-refractivity contribution is 5.75. The smallest absolute Gasteiger partial charge is 0.186 e. The molecule has 1 rings (SSSR count). The van der Waals surface area contributed by atoms with Gasteiger partial charge in [0, 0.05) is 0 Å². The second-order valence-electron chi connectivity index (χ2n) is 3.48. The molecular formula is C8H17N3. The fourth-order valence-corrected chi connectivity index (χ4v) is 1.73. The van der Waals surface area contributed by atoms with Crippen LogP contribution in [0.4, 0.5) is 0 Å². The largest absolute Gasteiger partial charge is 0.370 e. The van der Waals surface area contributed by atoms with E-state index in [4.69, 9.17) is 11.5 Å². The van der Waals surface area contributed by atoms with E-state index in [-0.39, 0.29) is 5.96 Å². The maximum absolute atomic E-state index is 5.30. The normalized spacial score (nSPS) is 31.4. The Kier molecular flexibility index (Phi) is 2.74. The molecule has 0 amide bonds. The lowest BCUT2D eigenvalue weighted by molar-refractivity contribution is 0.345. The van der Waals surface area contributed by atoms with Crippen LogP contribution in [-0.2, 0) is 0 Å². The van der Waals surface area contributed by atoms with Crippen LogP contribution in [0.1, 0.15) is 32.6 Å². The Morgan fingerprint density at radius 3 is 2.64 bits per heavy atom. The minimum Gasteiger partial charge on any atom is -0.370 e. The highest BCUT2D eigenvalue weighted by Gasteiger charge is 2.17. The van der Waals surface area contributed by atoms with Gasteiger partial charge in [-0.05, 0) is 18.8 Å². The van der Waals surface area contributed by atoms with Crippen molar-refractivity contribution < 1.29 is 0 Å². The van der Waals surface area contributed by atoms with Crippen LogP contribution >= 0.6 is 0 Å². The molecule has 2 atom stereocenters. The molecule has 11 heavy (non-hydrogen) atoms. The fraction of sp³-hybridized carbons (Fsp3) is 0.875. The van der Waals surface area contributed by atoms with E-state index in [1.807, 2.05) is 0 Å². The van der Waals surface area contributed by atoms with E-state index in [1.54, 1.807) is 0 Å². The number of nitrogens with two attached hydrogens (primary N) is 2. The Morgan fingerprint density at radius 2 is 2.09 bits per heavy atom. The van der Waals surface area contributed by atoms with E-state index in [9.17, 15) is 0 Å². The van der Waals surface area contributed by atoms with Crippen molar-refractivity contribution in [3.63, 3.8) is 0 Å². The van der Waals surface area contributed by atoms with E-state index >= 15 is 0 Å². The average molecular weight is 155 g/mol. The van der Waals surface area contributed by atoms with Gasteiger partial charge < -0.3 is 11.5 Å². The number of hydrogen-bond donors (Lipinski definition) is 2. The third-order valence-corrected chi connectivity index (χ3v) is 2.24. The van der Waals surface area contributed by atoms with Crippen LogP contribution in [0.3, 0.4) is 0 Å². The molecule has 0 bridgehead atoms. The number of aliphatic imine (C=N–C) groups is 1. The van der Waals surface area contributed by atoms with Gasteiger partial charge in [0.2, 0.25) is 0 Å². The molecule has 0 aromatic heterocycles. The first-order chi connectivity index (χ1) is 5.18. The van der Waals surface area contributed by atoms with Gasteiger partial charge >= 0.3 is 0 Å². The van der Waals surface area contributed by atoms with Gasteiger partial charge in [-0.15, -0.1) is 0 Å². The predicted molar refractivity (Wildman–Crippen MR) is 47.2 cm³/mol. The first-order valence-corrected chi connectivity index (χ1v) is 4.27. The molecule has 64 valence electrons. The summed E-state index contributed by atoms with van der Waals surface area (Å²) in [7, 11) is 0. The van der Waals surface area contributed by atoms with Gasteiger partial charge in [-0.25, -0.2) is 0 Å². The highest BCUT2D eigenvalue weighted by Crippen LogP contribution is 2.25. The molecule has 1 aliphatic carbocycles. The van der Waals surface area contributed by atoms with Gasteiger partial charge in [0.25, 0.3) is 0 Å². The molecule has 0 heterocycles. The van der Waals surface area contributed by atoms with Crippen molar-refractivity contribution in [2.24, 2.45) is 22.4 Å². The lowest BCUT2D eigenvalue weighted by Gasteiger charge is -2.23. The average Bonchev–Trinajstić information content (AvgIpc) is 1.85. The lowest BCUT2D eigenvalue weighted by Crippen LogP contribution is -2.27. The van der Waals surface area contributed by atoms with Crippen LogP contribution in [0.5, 0.6) is 0 Å². The molecule has 1 saturated carbocycles. The van der Waals surface area contributed by atoms with E-state index in [0.29, 0.717) is 6.04 Å². The topological polar surface area (TPSA) is 64.4 Å². The van der Waals surface area contributed by atoms with Crippen LogP contribution in [0, 0.1) is 5.92 Å². The molecule has 0 spiro atoms. The number of hydrogen-bond acceptors (Lipinski definition) is 1. The van der Waals surface area contributed by atoms with E-state index in [1.165, 1.54) is 12.8 Å². The number of rotatable bonds is 1. The summed E-state index contributed by atoms with van der Waals surface area (Å²) < 4.78 is 0.